The molecule has 0 amide bonds. The minimum Gasteiger partial charge on any atom is -0.395 e. The second kappa shape index (κ2) is 6.27. The van der Waals surface area contributed by atoms with Gasteiger partial charge in [0.05, 0.1) is 13.2 Å². The molecule has 0 heterocycles. The molecule has 0 bridgehead atoms. The molecule has 0 saturated heterocycles. The van der Waals surface area contributed by atoms with Gasteiger partial charge in [-0.25, -0.2) is 0 Å². The highest BCUT2D eigenvalue weighted by atomic mass is 16.3. The van der Waals surface area contributed by atoms with E-state index in [9.17, 15) is 0 Å². The summed E-state index contributed by atoms with van der Waals surface area (Å²) in [5.74, 6) is 0. The molecule has 1 rings (SSSR count). The Morgan fingerprint density at radius 2 is 1.73 bits per heavy atom. The Balaban J connectivity index is 2.66. The lowest BCUT2D eigenvalue weighted by Crippen LogP contribution is -2.09. The number of rotatable bonds is 6. The molecule has 4 N–H and O–H groups in total. The number of anilines is 2. The molecule has 0 saturated carbocycles. The maximum atomic E-state index is 8.72. The van der Waals surface area contributed by atoms with Crippen LogP contribution < -0.4 is 10.6 Å². The summed E-state index contributed by atoms with van der Waals surface area (Å²) in [6.07, 6.45) is 0. The first-order valence-corrected chi connectivity index (χ1v) is 5.08. The van der Waals surface area contributed by atoms with E-state index in [1.165, 1.54) is 0 Å². The number of hydrogen-bond donors (Lipinski definition) is 4. The standard InChI is InChI=1S/C11H18N2O2/c1-9-2-3-10(12-4-6-14)8-11(9)13-5-7-15/h2-3,8,12-15H,4-7H2,1H3. The second-order valence-electron chi connectivity index (χ2n) is 3.33. The van der Waals surface area contributed by atoms with Crippen LogP contribution in [0, 0.1) is 6.92 Å². The van der Waals surface area contributed by atoms with Crippen LogP contribution in [-0.2, 0) is 0 Å². The monoisotopic (exact) mass is 210 g/mol. The van der Waals surface area contributed by atoms with Gasteiger partial charge in [-0.05, 0) is 24.6 Å². The van der Waals surface area contributed by atoms with Gasteiger partial charge in [0.2, 0.25) is 0 Å². The molecule has 0 aromatic heterocycles. The van der Waals surface area contributed by atoms with Crippen LogP contribution in [0.1, 0.15) is 5.56 Å². The van der Waals surface area contributed by atoms with Crippen LogP contribution >= 0.6 is 0 Å². The highest BCUT2D eigenvalue weighted by Crippen LogP contribution is 2.19. The van der Waals surface area contributed by atoms with Gasteiger partial charge in [0.1, 0.15) is 0 Å². The van der Waals surface area contributed by atoms with Crippen LogP contribution in [0.25, 0.3) is 0 Å². The third kappa shape index (κ3) is 3.77. The summed E-state index contributed by atoms with van der Waals surface area (Å²) in [6, 6.07) is 5.94. The largest absolute Gasteiger partial charge is 0.395 e. The van der Waals surface area contributed by atoms with E-state index in [0.29, 0.717) is 13.1 Å². The van der Waals surface area contributed by atoms with E-state index in [0.717, 1.165) is 16.9 Å². The summed E-state index contributed by atoms with van der Waals surface area (Å²) < 4.78 is 0. The van der Waals surface area contributed by atoms with Crippen LogP contribution in [0.15, 0.2) is 18.2 Å². The lowest BCUT2D eigenvalue weighted by atomic mass is 10.2. The average Bonchev–Trinajstić information content (AvgIpc) is 2.26. The number of hydrogen-bond acceptors (Lipinski definition) is 4. The SMILES string of the molecule is Cc1ccc(NCCO)cc1NCCO. The average molecular weight is 210 g/mol. The number of benzene rings is 1. The smallest absolute Gasteiger partial charge is 0.0604 e. The third-order valence-electron chi connectivity index (χ3n) is 2.11. The van der Waals surface area contributed by atoms with E-state index in [4.69, 9.17) is 10.2 Å². The molecule has 1 aromatic carbocycles. The van der Waals surface area contributed by atoms with Gasteiger partial charge < -0.3 is 20.8 Å². The van der Waals surface area contributed by atoms with Gasteiger partial charge in [-0.1, -0.05) is 6.07 Å². The van der Waals surface area contributed by atoms with Crippen molar-refractivity contribution in [1.82, 2.24) is 0 Å². The number of aliphatic hydroxyl groups is 2. The van der Waals surface area contributed by atoms with Crippen molar-refractivity contribution in [1.29, 1.82) is 0 Å². The Kier molecular flexibility index (Phi) is 4.93. The highest BCUT2D eigenvalue weighted by Gasteiger charge is 1.99. The summed E-state index contributed by atoms with van der Waals surface area (Å²) >= 11 is 0. The fourth-order valence-corrected chi connectivity index (χ4v) is 1.31. The molecule has 0 aliphatic rings. The fraction of sp³-hybridized carbons (Fsp3) is 0.455. The Hall–Kier alpha value is -1.26. The molecule has 84 valence electrons. The highest BCUT2D eigenvalue weighted by molar-refractivity contribution is 5.61. The molecule has 1 aromatic rings. The summed E-state index contributed by atoms with van der Waals surface area (Å²) in [7, 11) is 0. The third-order valence-corrected chi connectivity index (χ3v) is 2.11. The summed E-state index contributed by atoms with van der Waals surface area (Å²) in [5.41, 5.74) is 3.11. The molecule has 0 atom stereocenters. The van der Waals surface area contributed by atoms with Gasteiger partial charge in [-0.3, -0.25) is 0 Å². The zero-order valence-corrected chi connectivity index (χ0v) is 8.95. The minimum atomic E-state index is 0.118. The van der Waals surface area contributed by atoms with E-state index in [1.807, 2.05) is 25.1 Å². The van der Waals surface area contributed by atoms with Crippen LogP contribution in [0.4, 0.5) is 11.4 Å². The molecule has 0 spiro atoms. The fourth-order valence-electron chi connectivity index (χ4n) is 1.31. The summed E-state index contributed by atoms with van der Waals surface area (Å²) in [6.45, 7) is 3.34. The maximum Gasteiger partial charge on any atom is 0.0604 e. The minimum absolute atomic E-state index is 0.118. The summed E-state index contributed by atoms with van der Waals surface area (Å²) in [5, 5.41) is 23.6. The Morgan fingerprint density at radius 3 is 2.40 bits per heavy atom. The first kappa shape index (κ1) is 11.8. The zero-order chi connectivity index (χ0) is 11.1. The lowest BCUT2D eigenvalue weighted by Gasteiger charge is -2.11. The Labute approximate surface area is 89.9 Å². The number of aryl methyl sites for hydroxylation is 1. The van der Waals surface area contributed by atoms with Crippen LogP contribution in [0.5, 0.6) is 0 Å². The lowest BCUT2D eigenvalue weighted by molar-refractivity contribution is 0.311. The van der Waals surface area contributed by atoms with Gasteiger partial charge in [0, 0.05) is 24.5 Å². The van der Waals surface area contributed by atoms with Crippen molar-refractivity contribution in [2.75, 3.05) is 36.9 Å². The Bertz CT molecular complexity index is 303. The van der Waals surface area contributed by atoms with Crippen LogP contribution in [-0.4, -0.2) is 36.5 Å². The van der Waals surface area contributed by atoms with E-state index < -0.39 is 0 Å². The quantitative estimate of drug-likeness (QED) is 0.561. The predicted molar refractivity (Wildman–Crippen MR) is 62.3 cm³/mol. The van der Waals surface area contributed by atoms with Gasteiger partial charge in [-0.15, -0.1) is 0 Å². The van der Waals surface area contributed by atoms with Gasteiger partial charge in [0.15, 0.2) is 0 Å². The topological polar surface area (TPSA) is 64.5 Å². The van der Waals surface area contributed by atoms with Crippen molar-refractivity contribution < 1.29 is 10.2 Å². The van der Waals surface area contributed by atoms with Crippen molar-refractivity contribution in [2.24, 2.45) is 0 Å². The number of nitrogens with one attached hydrogen (secondary N) is 2. The molecule has 0 unspecified atom stereocenters. The van der Waals surface area contributed by atoms with E-state index >= 15 is 0 Å². The Morgan fingerprint density at radius 1 is 1.07 bits per heavy atom. The van der Waals surface area contributed by atoms with Crippen molar-refractivity contribution in [3.8, 4) is 0 Å². The molecule has 0 radical (unpaired) electrons. The van der Waals surface area contributed by atoms with Gasteiger partial charge >= 0.3 is 0 Å². The molecule has 4 heteroatoms. The first-order valence-electron chi connectivity index (χ1n) is 5.08. The molecule has 0 aliphatic carbocycles. The normalized spacial score (nSPS) is 10.1. The van der Waals surface area contributed by atoms with Crippen molar-refractivity contribution in [3.05, 3.63) is 23.8 Å². The number of aliphatic hydroxyl groups excluding tert-OH is 2. The zero-order valence-electron chi connectivity index (χ0n) is 8.95. The first-order chi connectivity index (χ1) is 7.27. The van der Waals surface area contributed by atoms with E-state index in [1.54, 1.807) is 0 Å². The predicted octanol–water partition coefficient (Wildman–Crippen LogP) is 0.803. The van der Waals surface area contributed by atoms with Crippen LogP contribution in [0.3, 0.4) is 0 Å². The van der Waals surface area contributed by atoms with E-state index in [2.05, 4.69) is 10.6 Å². The van der Waals surface area contributed by atoms with Gasteiger partial charge in [0.25, 0.3) is 0 Å². The molecule has 4 nitrogen and oxygen atoms in total. The van der Waals surface area contributed by atoms with Crippen LogP contribution in [0.2, 0.25) is 0 Å². The molecule has 15 heavy (non-hydrogen) atoms. The van der Waals surface area contributed by atoms with Crippen molar-refractivity contribution >= 4 is 11.4 Å². The molecule has 0 fully saturated rings. The van der Waals surface area contributed by atoms with Crippen molar-refractivity contribution in [3.63, 3.8) is 0 Å². The van der Waals surface area contributed by atoms with Gasteiger partial charge in [-0.2, -0.15) is 0 Å². The maximum absolute atomic E-state index is 8.72. The molecular weight excluding hydrogens is 192 g/mol. The van der Waals surface area contributed by atoms with E-state index in [-0.39, 0.29) is 13.2 Å². The molecular formula is C11H18N2O2. The second-order valence-corrected chi connectivity index (χ2v) is 3.33. The molecule has 0 aliphatic heterocycles. The summed E-state index contributed by atoms with van der Waals surface area (Å²) in [4.78, 5) is 0. The van der Waals surface area contributed by atoms with Crippen molar-refractivity contribution in [2.45, 2.75) is 6.92 Å².